The molecule has 0 aromatic heterocycles. The van der Waals surface area contributed by atoms with Gasteiger partial charge in [-0.1, -0.05) is 24.8 Å². The number of allylic oxidation sites excluding steroid dienone is 1. The number of carbonyl (C=O) groups is 1. The van der Waals surface area contributed by atoms with E-state index in [-0.39, 0.29) is 5.91 Å². The third-order valence-electron chi connectivity index (χ3n) is 1.72. The van der Waals surface area contributed by atoms with Crippen molar-refractivity contribution in [3.05, 3.63) is 47.7 Å². The Labute approximate surface area is 78.3 Å². The van der Waals surface area contributed by atoms with Crippen molar-refractivity contribution in [3.63, 3.8) is 0 Å². The van der Waals surface area contributed by atoms with Crippen LogP contribution in [-0.2, 0) is 0 Å². The SMILES string of the molecule is C=C(C)NC(=O)c1ccccc1C. The van der Waals surface area contributed by atoms with Gasteiger partial charge in [0.05, 0.1) is 0 Å². The fourth-order valence-corrected chi connectivity index (χ4v) is 1.09. The third kappa shape index (κ3) is 2.44. The molecular weight excluding hydrogens is 162 g/mol. The lowest BCUT2D eigenvalue weighted by Gasteiger charge is -2.05. The second-order valence-corrected chi connectivity index (χ2v) is 3.05. The molecule has 0 aliphatic heterocycles. The molecule has 0 bridgehead atoms. The van der Waals surface area contributed by atoms with E-state index in [9.17, 15) is 4.79 Å². The first kappa shape index (κ1) is 9.52. The van der Waals surface area contributed by atoms with Gasteiger partial charge in [0.25, 0.3) is 5.91 Å². The van der Waals surface area contributed by atoms with Crippen LogP contribution in [0.1, 0.15) is 22.8 Å². The summed E-state index contributed by atoms with van der Waals surface area (Å²) in [6, 6.07) is 7.47. The Morgan fingerprint density at radius 2 is 2.00 bits per heavy atom. The maximum atomic E-state index is 11.5. The molecule has 68 valence electrons. The van der Waals surface area contributed by atoms with Crippen molar-refractivity contribution in [3.8, 4) is 0 Å². The monoisotopic (exact) mass is 175 g/mol. The van der Waals surface area contributed by atoms with Crippen LogP contribution in [0.5, 0.6) is 0 Å². The zero-order chi connectivity index (χ0) is 9.84. The minimum atomic E-state index is -0.0920. The zero-order valence-electron chi connectivity index (χ0n) is 7.92. The summed E-state index contributed by atoms with van der Waals surface area (Å²) < 4.78 is 0. The van der Waals surface area contributed by atoms with Gasteiger partial charge in [-0.05, 0) is 25.5 Å². The minimum Gasteiger partial charge on any atom is -0.327 e. The highest BCUT2D eigenvalue weighted by molar-refractivity contribution is 5.96. The predicted octanol–water partition coefficient (Wildman–Crippen LogP) is 2.26. The molecule has 1 N–H and O–H groups in total. The Bertz CT molecular complexity index is 342. The summed E-state index contributed by atoms with van der Waals surface area (Å²) in [7, 11) is 0. The van der Waals surface area contributed by atoms with Gasteiger partial charge < -0.3 is 5.32 Å². The van der Waals surface area contributed by atoms with Crippen molar-refractivity contribution in [2.24, 2.45) is 0 Å². The number of carbonyl (C=O) groups excluding carboxylic acids is 1. The molecule has 0 atom stereocenters. The van der Waals surface area contributed by atoms with Crippen molar-refractivity contribution in [2.45, 2.75) is 13.8 Å². The first-order valence-corrected chi connectivity index (χ1v) is 4.14. The molecule has 2 heteroatoms. The molecule has 13 heavy (non-hydrogen) atoms. The highest BCUT2D eigenvalue weighted by Gasteiger charge is 2.06. The fourth-order valence-electron chi connectivity index (χ4n) is 1.09. The van der Waals surface area contributed by atoms with Gasteiger partial charge in [-0.2, -0.15) is 0 Å². The van der Waals surface area contributed by atoms with E-state index >= 15 is 0 Å². The maximum absolute atomic E-state index is 11.5. The number of hydrogen-bond donors (Lipinski definition) is 1. The Balaban J connectivity index is 2.89. The van der Waals surface area contributed by atoms with Crippen LogP contribution >= 0.6 is 0 Å². The van der Waals surface area contributed by atoms with Gasteiger partial charge >= 0.3 is 0 Å². The standard InChI is InChI=1S/C11H13NO/c1-8(2)12-11(13)10-7-5-4-6-9(10)3/h4-7H,1H2,2-3H3,(H,12,13). The molecule has 0 aliphatic carbocycles. The van der Waals surface area contributed by atoms with Crippen molar-refractivity contribution < 1.29 is 4.79 Å². The summed E-state index contributed by atoms with van der Waals surface area (Å²) >= 11 is 0. The van der Waals surface area contributed by atoms with Crippen LogP contribution in [-0.4, -0.2) is 5.91 Å². The van der Waals surface area contributed by atoms with Crippen LogP contribution < -0.4 is 5.32 Å². The van der Waals surface area contributed by atoms with Crippen LogP contribution in [0, 0.1) is 6.92 Å². The van der Waals surface area contributed by atoms with E-state index in [0.29, 0.717) is 11.3 Å². The third-order valence-corrected chi connectivity index (χ3v) is 1.72. The number of nitrogens with one attached hydrogen (secondary N) is 1. The second kappa shape index (κ2) is 3.90. The fraction of sp³-hybridized carbons (Fsp3) is 0.182. The molecular formula is C11H13NO. The van der Waals surface area contributed by atoms with Gasteiger partial charge in [0.15, 0.2) is 0 Å². The van der Waals surface area contributed by atoms with E-state index in [1.54, 1.807) is 13.0 Å². The highest BCUT2D eigenvalue weighted by atomic mass is 16.1. The van der Waals surface area contributed by atoms with Crippen LogP contribution in [0.4, 0.5) is 0 Å². The summed E-state index contributed by atoms with van der Waals surface area (Å²) in [6.07, 6.45) is 0. The molecule has 0 heterocycles. The average Bonchev–Trinajstić information content (AvgIpc) is 2.03. The lowest BCUT2D eigenvalue weighted by molar-refractivity contribution is 0.0965. The first-order chi connectivity index (χ1) is 6.11. The van der Waals surface area contributed by atoms with Gasteiger partial charge in [-0.15, -0.1) is 0 Å². The Hall–Kier alpha value is -1.57. The van der Waals surface area contributed by atoms with Crippen LogP contribution in [0.3, 0.4) is 0 Å². The number of rotatable bonds is 2. The first-order valence-electron chi connectivity index (χ1n) is 4.14. The lowest BCUT2D eigenvalue weighted by atomic mass is 10.1. The molecule has 1 aromatic rings. The van der Waals surface area contributed by atoms with Crippen molar-refractivity contribution in [1.82, 2.24) is 5.32 Å². The lowest BCUT2D eigenvalue weighted by Crippen LogP contribution is -2.21. The Morgan fingerprint density at radius 3 is 2.54 bits per heavy atom. The number of hydrogen-bond acceptors (Lipinski definition) is 1. The summed E-state index contributed by atoms with van der Waals surface area (Å²) in [5.74, 6) is -0.0920. The zero-order valence-corrected chi connectivity index (χ0v) is 7.92. The van der Waals surface area contributed by atoms with Crippen molar-refractivity contribution >= 4 is 5.91 Å². The molecule has 0 spiro atoms. The number of amides is 1. The molecule has 1 aromatic carbocycles. The molecule has 1 rings (SSSR count). The number of benzene rings is 1. The van der Waals surface area contributed by atoms with Crippen molar-refractivity contribution in [1.29, 1.82) is 0 Å². The predicted molar refractivity (Wildman–Crippen MR) is 53.5 cm³/mol. The highest BCUT2D eigenvalue weighted by Crippen LogP contribution is 2.06. The van der Waals surface area contributed by atoms with E-state index < -0.39 is 0 Å². The normalized spacial score (nSPS) is 9.38. The van der Waals surface area contributed by atoms with Crippen LogP contribution in [0.2, 0.25) is 0 Å². The van der Waals surface area contributed by atoms with E-state index in [0.717, 1.165) is 5.56 Å². The molecule has 0 fully saturated rings. The number of aryl methyl sites for hydroxylation is 1. The van der Waals surface area contributed by atoms with Crippen LogP contribution in [0.15, 0.2) is 36.5 Å². The Kier molecular flexibility index (Phi) is 2.85. The van der Waals surface area contributed by atoms with Gasteiger partial charge in [0.1, 0.15) is 0 Å². The summed E-state index contributed by atoms with van der Waals surface area (Å²) in [6.45, 7) is 7.29. The van der Waals surface area contributed by atoms with E-state index in [1.807, 2.05) is 25.1 Å². The molecule has 0 unspecified atom stereocenters. The second-order valence-electron chi connectivity index (χ2n) is 3.05. The summed E-state index contributed by atoms with van der Waals surface area (Å²) in [5.41, 5.74) is 2.33. The van der Waals surface area contributed by atoms with Gasteiger partial charge in [0.2, 0.25) is 0 Å². The van der Waals surface area contributed by atoms with E-state index in [4.69, 9.17) is 0 Å². The molecule has 1 amide bonds. The molecule has 2 nitrogen and oxygen atoms in total. The van der Waals surface area contributed by atoms with Gasteiger partial charge in [-0.25, -0.2) is 0 Å². The van der Waals surface area contributed by atoms with Gasteiger partial charge in [-0.3, -0.25) is 4.79 Å². The van der Waals surface area contributed by atoms with Crippen LogP contribution in [0.25, 0.3) is 0 Å². The van der Waals surface area contributed by atoms with Gasteiger partial charge in [0, 0.05) is 11.3 Å². The molecule has 0 radical (unpaired) electrons. The smallest absolute Gasteiger partial charge is 0.255 e. The van der Waals surface area contributed by atoms with E-state index in [2.05, 4.69) is 11.9 Å². The average molecular weight is 175 g/mol. The summed E-state index contributed by atoms with van der Waals surface area (Å²) in [4.78, 5) is 11.5. The van der Waals surface area contributed by atoms with E-state index in [1.165, 1.54) is 0 Å². The summed E-state index contributed by atoms with van der Waals surface area (Å²) in [5, 5.41) is 2.67. The molecule has 0 aliphatic rings. The Morgan fingerprint density at radius 1 is 1.38 bits per heavy atom. The molecule has 0 saturated heterocycles. The largest absolute Gasteiger partial charge is 0.327 e. The quantitative estimate of drug-likeness (QED) is 0.734. The topological polar surface area (TPSA) is 29.1 Å². The van der Waals surface area contributed by atoms with Crippen molar-refractivity contribution in [2.75, 3.05) is 0 Å². The maximum Gasteiger partial charge on any atom is 0.255 e. The molecule has 0 saturated carbocycles. The minimum absolute atomic E-state index is 0.0920.